The van der Waals surface area contributed by atoms with Crippen LogP contribution >= 0.6 is 0 Å². The molecule has 1 aliphatic rings. The third-order valence-corrected chi connectivity index (χ3v) is 4.41. The Hall–Kier alpha value is -3.03. The molecular formula is C17H19N7O. The van der Waals surface area contributed by atoms with Gasteiger partial charge in [-0.1, -0.05) is 30.3 Å². The fourth-order valence-corrected chi connectivity index (χ4v) is 3.13. The standard InChI is InChI=1S/C17H19N7O/c25-16(22-10-4-8-15(12-22)23-11-5-9-18-23)13-24-20-17(19-21-24)14-6-2-1-3-7-14/h1-3,5-7,9,11,15H,4,8,10,12-13H2. The Balaban J connectivity index is 1.41. The lowest BCUT2D eigenvalue weighted by atomic mass is 10.1. The van der Waals surface area contributed by atoms with E-state index >= 15 is 0 Å². The van der Waals surface area contributed by atoms with Crippen molar-refractivity contribution in [3.8, 4) is 11.4 Å². The van der Waals surface area contributed by atoms with Gasteiger partial charge < -0.3 is 4.90 Å². The van der Waals surface area contributed by atoms with Crippen molar-refractivity contribution in [2.24, 2.45) is 0 Å². The summed E-state index contributed by atoms with van der Waals surface area (Å²) in [5.74, 6) is 0.537. The highest BCUT2D eigenvalue weighted by atomic mass is 16.2. The largest absolute Gasteiger partial charge is 0.339 e. The van der Waals surface area contributed by atoms with E-state index in [0.29, 0.717) is 12.4 Å². The summed E-state index contributed by atoms with van der Waals surface area (Å²) in [7, 11) is 0. The van der Waals surface area contributed by atoms with Crippen molar-refractivity contribution < 1.29 is 4.79 Å². The second-order valence-electron chi connectivity index (χ2n) is 6.13. The lowest BCUT2D eigenvalue weighted by Gasteiger charge is -2.32. The van der Waals surface area contributed by atoms with Crippen LogP contribution in [0.1, 0.15) is 18.9 Å². The zero-order valence-corrected chi connectivity index (χ0v) is 13.8. The Labute approximate surface area is 145 Å². The minimum atomic E-state index is 0.00821. The van der Waals surface area contributed by atoms with Crippen LogP contribution in [-0.4, -0.2) is 53.9 Å². The fraction of sp³-hybridized carbons (Fsp3) is 0.353. The Bertz CT molecular complexity index is 828. The molecule has 1 amide bonds. The van der Waals surface area contributed by atoms with E-state index in [9.17, 15) is 4.79 Å². The van der Waals surface area contributed by atoms with Gasteiger partial charge in [-0.15, -0.1) is 10.2 Å². The minimum absolute atomic E-state index is 0.00821. The first kappa shape index (κ1) is 15.5. The molecule has 0 aliphatic carbocycles. The van der Waals surface area contributed by atoms with Crippen molar-refractivity contribution >= 4 is 5.91 Å². The van der Waals surface area contributed by atoms with E-state index in [4.69, 9.17) is 0 Å². The molecule has 1 fully saturated rings. The van der Waals surface area contributed by atoms with Gasteiger partial charge in [0.05, 0.1) is 6.04 Å². The highest BCUT2D eigenvalue weighted by Crippen LogP contribution is 2.20. The molecule has 0 N–H and O–H groups in total. The molecule has 0 spiro atoms. The van der Waals surface area contributed by atoms with Crippen LogP contribution in [0.5, 0.6) is 0 Å². The fourth-order valence-electron chi connectivity index (χ4n) is 3.13. The number of hydrogen-bond donors (Lipinski definition) is 0. The van der Waals surface area contributed by atoms with Gasteiger partial charge in [-0.05, 0) is 24.1 Å². The number of likely N-dealkylation sites (tertiary alicyclic amines) is 1. The summed E-state index contributed by atoms with van der Waals surface area (Å²) in [5.41, 5.74) is 0.887. The predicted octanol–water partition coefficient (Wildman–Crippen LogP) is 1.40. The summed E-state index contributed by atoms with van der Waals surface area (Å²) in [6, 6.07) is 11.8. The van der Waals surface area contributed by atoms with Gasteiger partial charge in [-0.25, -0.2) is 0 Å². The van der Waals surface area contributed by atoms with Gasteiger partial charge in [0.15, 0.2) is 0 Å². The average Bonchev–Trinajstić information content (AvgIpc) is 3.35. The highest BCUT2D eigenvalue weighted by Gasteiger charge is 2.25. The second-order valence-corrected chi connectivity index (χ2v) is 6.13. The van der Waals surface area contributed by atoms with E-state index in [1.54, 1.807) is 6.20 Å². The quantitative estimate of drug-likeness (QED) is 0.719. The van der Waals surface area contributed by atoms with Crippen LogP contribution in [-0.2, 0) is 11.3 Å². The van der Waals surface area contributed by atoms with Crippen LogP contribution in [0.4, 0.5) is 0 Å². The van der Waals surface area contributed by atoms with E-state index in [2.05, 4.69) is 20.5 Å². The molecule has 3 aromatic rings. The van der Waals surface area contributed by atoms with Gasteiger partial charge in [0.25, 0.3) is 0 Å². The molecule has 2 aromatic heterocycles. The number of tetrazole rings is 1. The van der Waals surface area contributed by atoms with Crippen LogP contribution in [0.25, 0.3) is 11.4 Å². The van der Waals surface area contributed by atoms with Gasteiger partial charge in [0.2, 0.25) is 11.7 Å². The number of carbonyl (C=O) groups is 1. The van der Waals surface area contributed by atoms with E-state index in [-0.39, 0.29) is 18.5 Å². The molecule has 1 atom stereocenters. The monoisotopic (exact) mass is 337 g/mol. The normalized spacial score (nSPS) is 17.6. The summed E-state index contributed by atoms with van der Waals surface area (Å²) in [6.07, 6.45) is 5.72. The van der Waals surface area contributed by atoms with Gasteiger partial charge in [-0.2, -0.15) is 9.90 Å². The molecule has 25 heavy (non-hydrogen) atoms. The van der Waals surface area contributed by atoms with Gasteiger partial charge >= 0.3 is 0 Å². The number of piperidine rings is 1. The molecule has 1 unspecified atom stereocenters. The van der Waals surface area contributed by atoms with Crippen LogP contribution in [0.15, 0.2) is 48.8 Å². The van der Waals surface area contributed by atoms with E-state index in [1.165, 1.54) is 4.80 Å². The molecule has 3 heterocycles. The molecule has 0 saturated carbocycles. The van der Waals surface area contributed by atoms with E-state index < -0.39 is 0 Å². The van der Waals surface area contributed by atoms with Crippen LogP contribution < -0.4 is 0 Å². The van der Waals surface area contributed by atoms with E-state index in [0.717, 1.165) is 24.9 Å². The van der Waals surface area contributed by atoms with Crippen molar-refractivity contribution in [3.63, 3.8) is 0 Å². The summed E-state index contributed by atoms with van der Waals surface area (Å²) in [5, 5.41) is 16.7. The number of hydrogen-bond acceptors (Lipinski definition) is 5. The van der Waals surface area contributed by atoms with Crippen molar-refractivity contribution in [1.29, 1.82) is 0 Å². The lowest BCUT2D eigenvalue weighted by Crippen LogP contribution is -2.42. The first-order chi connectivity index (χ1) is 12.3. The minimum Gasteiger partial charge on any atom is -0.339 e. The zero-order chi connectivity index (χ0) is 17.1. The summed E-state index contributed by atoms with van der Waals surface area (Å²) in [6.45, 7) is 1.53. The number of nitrogens with zero attached hydrogens (tertiary/aromatic N) is 7. The molecule has 0 bridgehead atoms. The van der Waals surface area contributed by atoms with Crippen LogP contribution in [0, 0.1) is 0 Å². The van der Waals surface area contributed by atoms with Gasteiger partial charge in [0, 0.05) is 31.0 Å². The predicted molar refractivity (Wildman–Crippen MR) is 90.3 cm³/mol. The average molecular weight is 337 g/mol. The number of amides is 1. The number of rotatable bonds is 4. The Morgan fingerprint density at radius 1 is 1.20 bits per heavy atom. The maximum Gasteiger partial charge on any atom is 0.246 e. The van der Waals surface area contributed by atoms with Crippen molar-refractivity contribution in [3.05, 3.63) is 48.8 Å². The lowest BCUT2D eigenvalue weighted by molar-refractivity contribution is -0.134. The van der Waals surface area contributed by atoms with E-state index in [1.807, 2.05) is 52.2 Å². The number of aromatic nitrogens is 6. The SMILES string of the molecule is O=C(Cn1nnc(-c2ccccc2)n1)N1CCCC(n2cccn2)C1. The Morgan fingerprint density at radius 2 is 2.08 bits per heavy atom. The number of carbonyl (C=O) groups excluding carboxylic acids is 1. The molecule has 1 aliphatic heterocycles. The first-order valence-corrected chi connectivity index (χ1v) is 8.40. The first-order valence-electron chi connectivity index (χ1n) is 8.40. The van der Waals surface area contributed by atoms with Crippen LogP contribution in [0.3, 0.4) is 0 Å². The Kier molecular flexibility index (Phi) is 4.24. The molecule has 8 nitrogen and oxygen atoms in total. The maximum absolute atomic E-state index is 12.6. The summed E-state index contributed by atoms with van der Waals surface area (Å²) < 4.78 is 1.93. The topological polar surface area (TPSA) is 81.7 Å². The molecule has 1 aromatic carbocycles. The van der Waals surface area contributed by atoms with Crippen molar-refractivity contribution in [1.82, 2.24) is 34.9 Å². The van der Waals surface area contributed by atoms with Crippen molar-refractivity contribution in [2.75, 3.05) is 13.1 Å². The molecular weight excluding hydrogens is 318 g/mol. The Morgan fingerprint density at radius 3 is 2.88 bits per heavy atom. The molecule has 0 radical (unpaired) electrons. The molecule has 8 heteroatoms. The molecule has 128 valence electrons. The maximum atomic E-state index is 12.6. The molecule has 4 rings (SSSR count). The summed E-state index contributed by atoms with van der Waals surface area (Å²) >= 11 is 0. The third-order valence-electron chi connectivity index (χ3n) is 4.41. The second kappa shape index (κ2) is 6.84. The smallest absolute Gasteiger partial charge is 0.246 e. The van der Waals surface area contributed by atoms with Gasteiger partial charge in [0.1, 0.15) is 6.54 Å². The highest BCUT2D eigenvalue weighted by molar-refractivity contribution is 5.76. The summed E-state index contributed by atoms with van der Waals surface area (Å²) in [4.78, 5) is 15.8. The number of benzene rings is 1. The molecule has 1 saturated heterocycles. The van der Waals surface area contributed by atoms with Crippen LogP contribution in [0.2, 0.25) is 0 Å². The van der Waals surface area contributed by atoms with Gasteiger partial charge in [-0.3, -0.25) is 9.48 Å². The third kappa shape index (κ3) is 3.42. The van der Waals surface area contributed by atoms with Crippen molar-refractivity contribution in [2.45, 2.75) is 25.4 Å². The zero-order valence-electron chi connectivity index (χ0n) is 13.8.